The number of pyridine rings is 1. The SMILES string of the molecule is O=C(Nc1cccnc1Br)c1cc(Cl)ccc1F. The Hall–Kier alpha value is -1.46. The van der Waals surface area contributed by atoms with Gasteiger partial charge >= 0.3 is 0 Å². The van der Waals surface area contributed by atoms with E-state index in [2.05, 4.69) is 26.2 Å². The van der Waals surface area contributed by atoms with Gasteiger partial charge in [-0.05, 0) is 46.3 Å². The van der Waals surface area contributed by atoms with Crippen molar-refractivity contribution in [2.24, 2.45) is 0 Å². The van der Waals surface area contributed by atoms with Crippen molar-refractivity contribution in [3.63, 3.8) is 0 Å². The van der Waals surface area contributed by atoms with Crippen LogP contribution in [0.15, 0.2) is 41.1 Å². The van der Waals surface area contributed by atoms with E-state index in [1.807, 2.05) is 0 Å². The molecule has 0 fully saturated rings. The van der Waals surface area contributed by atoms with Gasteiger partial charge in [-0.15, -0.1) is 0 Å². The van der Waals surface area contributed by atoms with Gasteiger partial charge in [-0.1, -0.05) is 11.6 Å². The van der Waals surface area contributed by atoms with Crippen LogP contribution in [0.1, 0.15) is 10.4 Å². The first-order valence-corrected chi connectivity index (χ1v) is 6.12. The Morgan fingerprint density at radius 2 is 2.17 bits per heavy atom. The second-order valence-electron chi connectivity index (χ2n) is 3.42. The van der Waals surface area contributed by atoms with E-state index in [0.29, 0.717) is 15.3 Å². The fourth-order valence-corrected chi connectivity index (χ4v) is 1.86. The Bertz CT molecular complexity index is 606. The van der Waals surface area contributed by atoms with Crippen molar-refractivity contribution in [3.8, 4) is 0 Å². The number of anilines is 1. The molecule has 0 radical (unpaired) electrons. The normalized spacial score (nSPS) is 10.2. The molecule has 92 valence electrons. The van der Waals surface area contributed by atoms with Crippen LogP contribution in [-0.2, 0) is 0 Å². The van der Waals surface area contributed by atoms with Crippen LogP contribution in [0.25, 0.3) is 0 Å². The molecule has 18 heavy (non-hydrogen) atoms. The summed E-state index contributed by atoms with van der Waals surface area (Å²) in [7, 11) is 0. The van der Waals surface area contributed by atoms with Crippen molar-refractivity contribution >= 4 is 39.1 Å². The lowest BCUT2D eigenvalue weighted by atomic mass is 10.2. The molecule has 6 heteroatoms. The zero-order valence-corrected chi connectivity index (χ0v) is 11.3. The second-order valence-corrected chi connectivity index (χ2v) is 4.61. The molecule has 1 heterocycles. The Morgan fingerprint density at radius 3 is 2.89 bits per heavy atom. The molecular weight excluding hydrogens is 322 g/mol. The van der Waals surface area contributed by atoms with Gasteiger partial charge in [0.25, 0.3) is 5.91 Å². The number of hydrogen-bond donors (Lipinski definition) is 1. The maximum absolute atomic E-state index is 13.5. The summed E-state index contributed by atoms with van der Waals surface area (Å²) in [5.74, 6) is -1.21. The topological polar surface area (TPSA) is 42.0 Å². The third-order valence-electron chi connectivity index (χ3n) is 2.18. The number of carbonyl (C=O) groups excluding carboxylic acids is 1. The summed E-state index contributed by atoms with van der Waals surface area (Å²) >= 11 is 8.91. The minimum Gasteiger partial charge on any atom is -0.320 e. The van der Waals surface area contributed by atoms with Crippen molar-refractivity contribution in [2.75, 3.05) is 5.32 Å². The first-order chi connectivity index (χ1) is 8.58. The summed E-state index contributed by atoms with van der Waals surface area (Å²) in [4.78, 5) is 15.8. The summed E-state index contributed by atoms with van der Waals surface area (Å²) in [6, 6.07) is 7.12. The molecule has 1 amide bonds. The molecule has 0 spiro atoms. The minimum atomic E-state index is -0.628. The van der Waals surface area contributed by atoms with Gasteiger partial charge in [0.2, 0.25) is 0 Å². The standard InChI is InChI=1S/C12H7BrClFN2O/c13-11-10(2-1-5-16-11)17-12(18)8-6-7(14)3-4-9(8)15/h1-6H,(H,17,18). The number of hydrogen-bond acceptors (Lipinski definition) is 2. The summed E-state index contributed by atoms with van der Waals surface area (Å²) in [6.45, 7) is 0. The maximum atomic E-state index is 13.5. The molecule has 1 N–H and O–H groups in total. The summed E-state index contributed by atoms with van der Waals surface area (Å²) in [6.07, 6.45) is 1.57. The first kappa shape index (κ1) is 13.0. The zero-order valence-electron chi connectivity index (χ0n) is 8.95. The number of aromatic nitrogens is 1. The van der Waals surface area contributed by atoms with Gasteiger partial charge in [-0.25, -0.2) is 9.37 Å². The van der Waals surface area contributed by atoms with Crippen LogP contribution in [0.5, 0.6) is 0 Å². The lowest BCUT2D eigenvalue weighted by Gasteiger charge is -2.07. The molecule has 0 saturated heterocycles. The van der Waals surface area contributed by atoms with Gasteiger partial charge in [0.15, 0.2) is 0 Å². The van der Waals surface area contributed by atoms with Crippen LogP contribution >= 0.6 is 27.5 Å². The molecule has 0 bridgehead atoms. The molecule has 0 aliphatic rings. The van der Waals surface area contributed by atoms with E-state index in [4.69, 9.17) is 11.6 Å². The number of halogens is 3. The molecule has 1 aromatic carbocycles. The highest BCUT2D eigenvalue weighted by Crippen LogP contribution is 2.21. The highest BCUT2D eigenvalue weighted by atomic mass is 79.9. The Morgan fingerprint density at radius 1 is 1.39 bits per heavy atom. The fraction of sp³-hybridized carbons (Fsp3) is 0. The number of benzene rings is 1. The highest BCUT2D eigenvalue weighted by molar-refractivity contribution is 9.10. The van der Waals surface area contributed by atoms with Crippen LogP contribution in [0.3, 0.4) is 0 Å². The number of nitrogens with zero attached hydrogens (tertiary/aromatic N) is 1. The molecular formula is C12H7BrClFN2O. The van der Waals surface area contributed by atoms with Gasteiger partial charge in [-0.2, -0.15) is 0 Å². The predicted octanol–water partition coefficient (Wildman–Crippen LogP) is 3.89. The van der Waals surface area contributed by atoms with E-state index in [9.17, 15) is 9.18 Å². The van der Waals surface area contributed by atoms with E-state index in [1.165, 1.54) is 12.1 Å². The van der Waals surface area contributed by atoms with Gasteiger partial charge < -0.3 is 5.32 Å². The number of nitrogens with one attached hydrogen (secondary N) is 1. The lowest BCUT2D eigenvalue weighted by Crippen LogP contribution is -2.14. The van der Waals surface area contributed by atoms with Crippen LogP contribution in [0.4, 0.5) is 10.1 Å². The van der Waals surface area contributed by atoms with Crippen LogP contribution in [0.2, 0.25) is 5.02 Å². The largest absolute Gasteiger partial charge is 0.320 e. The predicted molar refractivity (Wildman–Crippen MR) is 71.3 cm³/mol. The number of amides is 1. The van der Waals surface area contributed by atoms with E-state index in [1.54, 1.807) is 18.3 Å². The molecule has 1 aromatic heterocycles. The van der Waals surface area contributed by atoms with E-state index < -0.39 is 11.7 Å². The minimum absolute atomic E-state index is 0.113. The summed E-state index contributed by atoms with van der Waals surface area (Å²) < 4.78 is 13.9. The van der Waals surface area contributed by atoms with Crippen LogP contribution in [-0.4, -0.2) is 10.9 Å². The zero-order chi connectivity index (χ0) is 13.1. The average molecular weight is 330 g/mol. The molecule has 2 rings (SSSR count). The van der Waals surface area contributed by atoms with Gasteiger partial charge in [0.05, 0.1) is 11.3 Å². The third kappa shape index (κ3) is 2.86. The Kier molecular flexibility index (Phi) is 3.93. The van der Waals surface area contributed by atoms with Crippen molar-refractivity contribution in [1.29, 1.82) is 0 Å². The van der Waals surface area contributed by atoms with E-state index >= 15 is 0 Å². The van der Waals surface area contributed by atoms with Gasteiger partial charge in [-0.3, -0.25) is 4.79 Å². The Balaban J connectivity index is 2.28. The maximum Gasteiger partial charge on any atom is 0.258 e. The molecule has 0 saturated carbocycles. The smallest absolute Gasteiger partial charge is 0.258 e. The van der Waals surface area contributed by atoms with Crippen LogP contribution < -0.4 is 5.32 Å². The quantitative estimate of drug-likeness (QED) is 0.849. The number of carbonyl (C=O) groups is 1. The highest BCUT2D eigenvalue weighted by Gasteiger charge is 2.13. The first-order valence-electron chi connectivity index (χ1n) is 4.95. The average Bonchev–Trinajstić information content (AvgIpc) is 2.35. The lowest BCUT2D eigenvalue weighted by molar-refractivity contribution is 0.102. The molecule has 0 unspecified atom stereocenters. The van der Waals surface area contributed by atoms with Crippen molar-refractivity contribution in [2.45, 2.75) is 0 Å². The summed E-state index contributed by atoms with van der Waals surface area (Å²) in [5, 5.41) is 2.85. The molecule has 0 aliphatic heterocycles. The van der Waals surface area contributed by atoms with E-state index in [0.717, 1.165) is 6.07 Å². The van der Waals surface area contributed by atoms with Crippen molar-refractivity contribution in [1.82, 2.24) is 4.98 Å². The van der Waals surface area contributed by atoms with Gasteiger partial charge in [0, 0.05) is 11.2 Å². The Labute approximate surface area is 116 Å². The monoisotopic (exact) mass is 328 g/mol. The molecule has 2 aromatic rings. The number of rotatable bonds is 2. The van der Waals surface area contributed by atoms with E-state index in [-0.39, 0.29) is 5.56 Å². The molecule has 0 atom stereocenters. The fourth-order valence-electron chi connectivity index (χ4n) is 1.34. The summed E-state index contributed by atoms with van der Waals surface area (Å²) in [5.41, 5.74) is 0.347. The second kappa shape index (κ2) is 5.46. The molecule has 3 nitrogen and oxygen atoms in total. The van der Waals surface area contributed by atoms with Gasteiger partial charge in [0.1, 0.15) is 10.4 Å². The van der Waals surface area contributed by atoms with Crippen molar-refractivity contribution < 1.29 is 9.18 Å². The molecule has 0 aliphatic carbocycles. The van der Waals surface area contributed by atoms with Crippen molar-refractivity contribution in [3.05, 3.63) is 57.5 Å². The van der Waals surface area contributed by atoms with Crippen LogP contribution in [0, 0.1) is 5.82 Å². The third-order valence-corrected chi connectivity index (χ3v) is 3.05.